The second kappa shape index (κ2) is 8.89. The summed E-state index contributed by atoms with van der Waals surface area (Å²) < 4.78 is 6.11. The molecule has 1 aliphatic rings. The van der Waals surface area contributed by atoms with Gasteiger partial charge in [0.1, 0.15) is 0 Å². The van der Waals surface area contributed by atoms with Gasteiger partial charge >= 0.3 is 0 Å². The SMILES string of the molecule is CCCNCC1CCC(CN(C)C(CC)CC)O1. The van der Waals surface area contributed by atoms with Crippen molar-refractivity contribution < 1.29 is 4.74 Å². The highest BCUT2D eigenvalue weighted by atomic mass is 16.5. The van der Waals surface area contributed by atoms with E-state index in [1.54, 1.807) is 0 Å². The van der Waals surface area contributed by atoms with E-state index in [9.17, 15) is 0 Å². The minimum atomic E-state index is 0.441. The molecule has 1 rings (SSSR count). The first kappa shape index (κ1) is 15.9. The van der Waals surface area contributed by atoms with Crippen molar-refractivity contribution in [1.29, 1.82) is 0 Å². The quantitative estimate of drug-likeness (QED) is 0.642. The summed E-state index contributed by atoms with van der Waals surface area (Å²) in [4.78, 5) is 2.48. The zero-order chi connectivity index (χ0) is 13.4. The van der Waals surface area contributed by atoms with Gasteiger partial charge in [-0.25, -0.2) is 0 Å². The average Bonchev–Trinajstić information content (AvgIpc) is 2.79. The van der Waals surface area contributed by atoms with Gasteiger partial charge in [-0.05, 0) is 45.7 Å². The number of hydrogen-bond donors (Lipinski definition) is 1. The van der Waals surface area contributed by atoms with Gasteiger partial charge in [-0.1, -0.05) is 20.8 Å². The minimum absolute atomic E-state index is 0.441. The van der Waals surface area contributed by atoms with Crippen molar-refractivity contribution in [2.24, 2.45) is 0 Å². The summed E-state index contributed by atoms with van der Waals surface area (Å²) >= 11 is 0. The molecule has 18 heavy (non-hydrogen) atoms. The van der Waals surface area contributed by atoms with Crippen molar-refractivity contribution in [3.8, 4) is 0 Å². The van der Waals surface area contributed by atoms with Crippen molar-refractivity contribution in [1.82, 2.24) is 10.2 Å². The Labute approximate surface area is 113 Å². The predicted molar refractivity (Wildman–Crippen MR) is 78.1 cm³/mol. The van der Waals surface area contributed by atoms with Gasteiger partial charge in [0.25, 0.3) is 0 Å². The highest BCUT2D eigenvalue weighted by Crippen LogP contribution is 2.21. The lowest BCUT2D eigenvalue weighted by atomic mass is 10.1. The summed E-state index contributed by atoms with van der Waals surface area (Å²) in [7, 11) is 2.24. The highest BCUT2D eigenvalue weighted by molar-refractivity contribution is 4.79. The Morgan fingerprint density at radius 2 is 1.83 bits per heavy atom. The lowest BCUT2D eigenvalue weighted by Gasteiger charge is -2.28. The Morgan fingerprint density at radius 3 is 2.44 bits per heavy atom. The predicted octanol–water partition coefficient (Wildman–Crippen LogP) is 2.65. The van der Waals surface area contributed by atoms with Crippen LogP contribution in [0.3, 0.4) is 0 Å². The van der Waals surface area contributed by atoms with Crippen LogP contribution in [0, 0.1) is 0 Å². The summed E-state index contributed by atoms with van der Waals surface area (Å²) in [5.41, 5.74) is 0. The van der Waals surface area contributed by atoms with Crippen LogP contribution in [-0.4, -0.2) is 49.8 Å². The molecule has 1 heterocycles. The molecular formula is C15H32N2O. The Kier molecular flexibility index (Phi) is 7.87. The van der Waals surface area contributed by atoms with Gasteiger partial charge < -0.3 is 15.0 Å². The second-order valence-corrected chi connectivity index (χ2v) is 5.57. The molecule has 0 radical (unpaired) electrons. The van der Waals surface area contributed by atoms with E-state index in [4.69, 9.17) is 4.74 Å². The fourth-order valence-corrected chi connectivity index (χ4v) is 2.89. The van der Waals surface area contributed by atoms with E-state index in [0.717, 1.165) is 19.6 Å². The van der Waals surface area contributed by atoms with Gasteiger partial charge in [-0.3, -0.25) is 0 Å². The van der Waals surface area contributed by atoms with E-state index in [-0.39, 0.29) is 0 Å². The van der Waals surface area contributed by atoms with Crippen LogP contribution in [0.4, 0.5) is 0 Å². The molecule has 3 nitrogen and oxygen atoms in total. The molecule has 3 heteroatoms. The van der Waals surface area contributed by atoms with Crippen LogP contribution in [0.5, 0.6) is 0 Å². The van der Waals surface area contributed by atoms with Crippen LogP contribution in [0.25, 0.3) is 0 Å². The van der Waals surface area contributed by atoms with Crippen LogP contribution in [0.15, 0.2) is 0 Å². The number of nitrogens with one attached hydrogen (secondary N) is 1. The van der Waals surface area contributed by atoms with Crippen molar-refractivity contribution in [3.05, 3.63) is 0 Å². The standard InChI is InChI=1S/C15H32N2O/c1-5-10-16-11-14-8-9-15(18-14)12-17(4)13(6-2)7-3/h13-16H,5-12H2,1-4H3. The van der Waals surface area contributed by atoms with E-state index in [1.165, 1.54) is 32.1 Å². The lowest BCUT2D eigenvalue weighted by Crippen LogP contribution is -2.37. The lowest BCUT2D eigenvalue weighted by molar-refractivity contribution is 0.0199. The van der Waals surface area contributed by atoms with Crippen molar-refractivity contribution >= 4 is 0 Å². The highest BCUT2D eigenvalue weighted by Gasteiger charge is 2.26. The van der Waals surface area contributed by atoms with Gasteiger partial charge in [0.15, 0.2) is 0 Å². The van der Waals surface area contributed by atoms with Gasteiger partial charge in [0.2, 0.25) is 0 Å². The fourth-order valence-electron chi connectivity index (χ4n) is 2.89. The first-order chi connectivity index (χ1) is 8.71. The molecule has 1 aliphatic heterocycles. The Balaban J connectivity index is 2.21. The maximum absolute atomic E-state index is 6.11. The Bertz CT molecular complexity index is 207. The number of nitrogens with zero attached hydrogens (tertiary/aromatic N) is 1. The van der Waals surface area contributed by atoms with Gasteiger partial charge in [-0.15, -0.1) is 0 Å². The Hall–Kier alpha value is -0.120. The molecule has 0 spiro atoms. The molecule has 1 saturated heterocycles. The third-order valence-corrected chi connectivity index (χ3v) is 4.05. The smallest absolute Gasteiger partial charge is 0.0707 e. The molecule has 1 N–H and O–H groups in total. The second-order valence-electron chi connectivity index (χ2n) is 5.57. The topological polar surface area (TPSA) is 24.5 Å². The Morgan fingerprint density at radius 1 is 1.17 bits per heavy atom. The number of rotatable bonds is 9. The maximum atomic E-state index is 6.11. The van der Waals surface area contributed by atoms with E-state index in [1.807, 2.05) is 0 Å². The molecular weight excluding hydrogens is 224 g/mol. The summed E-state index contributed by atoms with van der Waals surface area (Å²) in [6, 6.07) is 0.714. The zero-order valence-corrected chi connectivity index (χ0v) is 12.7. The first-order valence-corrected chi connectivity index (χ1v) is 7.77. The summed E-state index contributed by atoms with van der Waals surface area (Å²) in [5, 5.41) is 3.46. The van der Waals surface area contributed by atoms with E-state index >= 15 is 0 Å². The van der Waals surface area contributed by atoms with E-state index in [0.29, 0.717) is 18.2 Å². The fraction of sp³-hybridized carbons (Fsp3) is 1.00. The number of hydrogen-bond acceptors (Lipinski definition) is 3. The summed E-state index contributed by atoms with van der Waals surface area (Å²) in [6.45, 7) is 9.99. The maximum Gasteiger partial charge on any atom is 0.0707 e. The van der Waals surface area contributed by atoms with Crippen molar-refractivity contribution in [3.63, 3.8) is 0 Å². The summed E-state index contributed by atoms with van der Waals surface area (Å²) in [5.74, 6) is 0. The molecule has 0 aromatic carbocycles. The third kappa shape index (κ3) is 5.25. The minimum Gasteiger partial charge on any atom is -0.372 e. The van der Waals surface area contributed by atoms with Gasteiger partial charge in [0, 0.05) is 19.1 Å². The third-order valence-electron chi connectivity index (χ3n) is 4.05. The largest absolute Gasteiger partial charge is 0.372 e. The van der Waals surface area contributed by atoms with Crippen LogP contribution >= 0.6 is 0 Å². The normalized spacial score (nSPS) is 24.3. The summed E-state index contributed by atoms with van der Waals surface area (Å²) in [6.07, 6.45) is 7.01. The van der Waals surface area contributed by atoms with Crippen LogP contribution < -0.4 is 5.32 Å². The molecule has 1 fully saturated rings. The molecule has 0 bridgehead atoms. The van der Waals surface area contributed by atoms with Crippen molar-refractivity contribution in [2.45, 2.75) is 71.1 Å². The molecule has 0 saturated carbocycles. The molecule has 0 aromatic rings. The average molecular weight is 256 g/mol. The molecule has 0 amide bonds. The first-order valence-electron chi connectivity index (χ1n) is 7.77. The molecule has 0 aromatic heterocycles. The number of likely N-dealkylation sites (N-methyl/N-ethyl adjacent to an activating group) is 1. The molecule has 2 atom stereocenters. The van der Waals surface area contributed by atoms with E-state index < -0.39 is 0 Å². The zero-order valence-electron chi connectivity index (χ0n) is 12.7. The van der Waals surface area contributed by atoms with Crippen molar-refractivity contribution in [2.75, 3.05) is 26.7 Å². The number of ether oxygens (including phenoxy) is 1. The van der Waals surface area contributed by atoms with Crippen LogP contribution in [-0.2, 0) is 4.74 Å². The van der Waals surface area contributed by atoms with E-state index in [2.05, 4.69) is 38.0 Å². The monoisotopic (exact) mass is 256 g/mol. The van der Waals surface area contributed by atoms with Gasteiger partial charge in [0.05, 0.1) is 12.2 Å². The molecule has 0 aliphatic carbocycles. The molecule has 108 valence electrons. The molecule has 2 unspecified atom stereocenters. The van der Waals surface area contributed by atoms with Crippen LogP contribution in [0.2, 0.25) is 0 Å². The van der Waals surface area contributed by atoms with Gasteiger partial charge in [-0.2, -0.15) is 0 Å². The van der Waals surface area contributed by atoms with Crippen LogP contribution in [0.1, 0.15) is 52.9 Å².